The topological polar surface area (TPSA) is 28.2 Å². The highest BCUT2D eigenvalue weighted by Crippen LogP contribution is 2.18. The molecule has 2 heterocycles. The van der Waals surface area contributed by atoms with Gasteiger partial charge in [-0.3, -0.25) is 0 Å². The second-order valence-corrected chi connectivity index (χ2v) is 4.54. The Balaban J connectivity index is 1.95. The van der Waals surface area contributed by atoms with E-state index in [0.717, 1.165) is 19.4 Å². The van der Waals surface area contributed by atoms with Gasteiger partial charge in [0, 0.05) is 18.6 Å². The van der Waals surface area contributed by atoms with Crippen LogP contribution in [0.4, 0.5) is 10.2 Å². The van der Waals surface area contributed by atoms with E-state index in [1.807, 2.05) is 6.07 Å². The number of anilines is 1. The lowest BCUT2D eigenvalue weighted by molar-refractivity contribution is 0.190. The first-order valence-corrected chi connectivity index (χ1v) is 5.74. The van der Waals surface area contributed by atoms with E-state index < -0.39 is 5.95 Å². The maximum absolute atomic E-state index is 12.9. The Morgan fingerprint density at radius 2 is 2.31 bits per heavy atom. The van der Waals surface area contributed by atoms with Crippen molar-refractivity contribution in [1.29, 1.82) is 0 Å². The average molecular weight is 223 g/mol. The maximum atomic E-state index is 12.9. The highest BCUT2D eigenvalue weighted by atomic mass is 19.1. The summed E-state index contributed by atoms with van der Waals surface area (Å²) < 4.78 is 12.9. The molecule has 1 fully saturated rings. The SMILES string of the molecule is CC1CC(Nc2cccc(F)n2)CCN1C. The van der Waals surface area contributed by atoms with E-state index in [4.69, 9.17) is 0 Å². The van der Waals surface area contributed by atoms with Crippen LogP contribution in [0.15, 0.2) is 18.2 Å². The molecule has 0 spiro atoms. The first-order chi connectivity index (χ1) is 7.65. The van der Waals surface area contributed by atoms with E-state index in [1.54, 1.807) is 6.07 Å². The summed E-state index contributed by atoms with van der Waals surface area (Å²) in [5.41, 5.74) is 0. The third kappa shape index (κ3) is 2.70. The molecule has 0 aromatic carbocycles. The zero-order chi connectivity index (χ0) is 11.5. The quantitative estimate of drug-likeness (QED) is 0.778. The number of aromatic nitrogens is 1. The number of nitrogens with zero attached hydrogens (tertiary/aromatic N) is 2. The zero-order valence-corrected chi connectivity index (χ0v) is 9.78. The zero-order valence-electron chi connectivity index (χ0n) is 9.78. The van der Waals surface area contributed by atoms with Gasteiger partial charge in [0.2, 0.25) is 5.95 Å². The second kappa shape index (κ2) is 4.78. The first kappa shape index (κ1) is 11.3. The molecule has 0 radical (unpaired) electrons. The van der Waals surface area contributed by atoms with Crippen LogP contribution in [0.1, 0.15) is 19.8 Å². The molecular formula is C12H18FN3. The monoisotopic (exact) mass is 223 g/mol. The van der Waals surface area contributed by atoms with E-state index in [1.165, 1.54) is 6.07 Å². The molecule has 4 heteroatoms. The number of halogens is 1. The summed E-state index contributed by atoms with van der Waals surface area (Å²) in [6, 6.07) is 5.83. The van der Waals surface area contributed by atoms with Gasteiger partial charge in [-0.05, 0) is 38.9 Å². The number of hydrogen-bond donors (Lipinski definition) is 1. The Kier molecular flexibility index (Phi) is 3.39. The Morgan fingerprint density at radius 1 is 1.50 bits per heavy atom. The lowest BCUT2D eigenvalue weighted by Gasteiger charge is -2.35. The largest absolute Gasteiger partial charge is 0.367 e. The normalized spacial score (nSPS) is 26.7. The summed E-state index contributed by atoms with van der Waals surface area (Å²) in [4.78, 5) is 6.16. The van der Waals surface area contributed by atoms with Gasteiger partial charge >= 0.3 is 0 Å². The highest BCUT2D eigenvalue weighted by molar-refractivity contribution is 5.35. The predicted octanol–water partition coefficient (Wildman–Crippen LogP) is 2.12. The van der Waals surface area contributed by atoms with Crippen molar-refractivity contribution in [1.82, 2.24) is 9.88 Å². The molecule has 0 bridgehead atoms. The van der Waals surface area contributed by atoms with Crippen LogP contribution in [0.25, 0.3) is 0 Å². The van der Waals surface area contributed by atoms with Gasteiger partial charge in [-0.2, -0.15) is 4.39 Å². The molecular weight excluding hydrogens is 205 g/mol. The van der Waals surface area contributed by atoms with Gasteiger partial charge in [-0.15, -0.1) is 0 Å². The maximum Gasteiger partial charge on any atom is 0.214 e. The van der Waals surface area contributed by atoms with Crippen LogP contribution in [0.5, 0.6) is 0 Å². The Bertz CT molecular complexity index is 356. The minimum atomic E-state index is -0.425. The Labute approximate surface area is 95.7 Å². The lowest BCUT2D eigenvalue weighted by Crippen LogP contribution is -2.42. The molecule has 2 unspecified atom stereocenters. The number of pyridine rings is 1. The van der Waals surface area contributed by atoms with Crippen LogP contribution in [0.3, 0.4) is 0 Å². The fourth-order valence-corrected chi connectivity index (χ4v) is 2.12. The van der Waals surface area contributed by atoms with Crippen molar-refractivity contribution in [3.05, 3.63) is 24.1 Å². The van der Waals surface area contributed by atoms with Crippen molar-refractivity contribution >= 4 is 5.82 Å². The van der Waals surface area contributed by atoms with E-state index in [0.29, 0.717) is 17.9 Å². The minimum Gasteiger partial charge on any atom is -0.367 e. The van der Waals surface area contributed by atoms with Crippen molar-refractivity contribution in [2.45, 2.75) is 31.8 Å². The van der Waals surface area contributed by atoms with Crippen LogP contribution in [0, 0.1) is 5.95 Å². The van der Waals surface area contributed by atoms with Crippen LogP contribution in [-0.4, -0.2) is 35.6 Å². The molecule has 16 heavy (non-hydrogen) atoms. The highest BCUT2D eigenvalue weighted by Gasteiger charge is 2.22. The molecule has 2 atom stereocenters. The summed E-state index contributed by atoms with van der Waals surface area (Å²) in [6.45, 7) is 3.29. The molecule has 0 amide bonds. The van der Waals surface area contributed by atoms with Crippen LogP contribution < -0.4 is 5.32 Å². The van der Waals surface area contributed by atoms with E-state index in [9.17, 15) is 4.39 Å². The molecule has 1 aliphatic heterocycles. The average Bonchev–Trinajstić information content (AvgIpc) is 2.24. The fourth-order valence-electron chi connectivity index (χ4n) is 2.12. The van der Waals surface area contributed by atoms with Crippen LogP contribution in [-0.2, 0) is 0 Å². The molecule has 88 valence electrons. The van der Waals surface area contributed by atoms with Gasteiger partial charge in [0.1, 0.15) is 5.82 Å². The number of rotatable bonds is 2. The number of hydrogen-bond acceptors (Lipinski definition) is 3. The Hall–Kier alpha value is -1.16. The predicted molar refractivity (Wildman–Crippen MR) is 62.9 cm³/mol. The summed E-state index contributed by atoms with van der Waals surface area (Å²) >= 11 is 0. The summed E-state index contributed by atoms with van der Waals surface area (Å²) in [5.74, 6) is 0.215. The third-order valence-corrected chi connectivity index (χ3v) is 3.28. The molecule has 0 aliphatic carbocycles. The molecule has 3 nitrogen and oxygen atoms in total. The summed E-state index contributed by atoms with van der Waals surface area (Å²) in [5, 5.41) is 3.29. The molecule has 1 saturated heterocycles. The number of likely N-dealkylation sites (tertiary alicyclic amines) is 1. The van der Waals surface area contributed by atoms with Gasteiger partial charge in [0.05, 0.1) is 0 Å². The van der Waals surface area contributed by atoms with Crippen molar-refractivity contribution in [2.24, 2.45) is 0 Å². The van der Waals surface area contributed by atoms with Gasteiger partial charge < -0.3 is 10.2 Å². The standard InChI is InChI=1S/C12H18FN3/c1-9-8-10(6-7-16(9)2)14-12-5-3-4-11(13)15-12/h3-5,9-10H,6-8H2,1-2H3,(H,14,15). The molecule has 0 saturated carbocycles. The van der Waals surface area contributed by atoms with Crippen LogP contribution >= 0.6 is 0 Å². The van der Waals surface area contributed by atoms with Crippen molar-refractivity contribution in [2.75, 3.05) is 18.9 Å². The Morgan fingerprint density at radius 3 is 3.00 bits per heavy atom. The molecule has 1 aromatic rings. The van der Waals surface area contributed by atoms with E-state index in [-0.39, 0.29) is 0 Å². The van der Waals surface area contributed by atoms with E-state index >= 15 is 0 Å². The minimum absolute atomic E-state index is 0.403. The van der Waals surface area contributed by atoms with Crippen molar-refractivity contribution < 1.29 is 4.39 Å². The van der Waals surface area contributed by atoms with Crippen molar-refractivity contribution in [3.63, 3.8) is 0 Å². The van der Waals surface area contributed by atoms with E-state index in [2.05, 4.69) is 29.2 Å². The number of piperidine rings is 1. The summed E-state index contributed by atoms with van der Waals surface area (Å²) in [7, 11) is 2.14. The number of nitrogens with one attached hydrogen (secondary N) is 1. The molecule has 2 rings (SSSR count). The van der Waals surface area contributed by atoms with Gasteiger partial charge in [-0.1, -0.05) is 6.07 Å². The van der Waals surface area contributed by atoms with Gasteiger partial charge in [0.25, 0.3) is 0 Å². The molecule has 1 aliphatic rings. The van der Waals surface area contributed by atoms with Crippen molar-refractivity contribution in [3.8, 4) is 0 Å². The fraction of sp³-hybridized carbons (Fsp3) is 0.583. The second-order valence-electron chi connectivity index (χ2n) is 4.54. The first-order valence-electron chi connectivity index (χ1n) is 5.74. The van der Waals surface area contributed by atoms with Gasteiger partial charge in [0.15, 0.2) is 0 Å². The third-order valence-electron chi connectivity index (χ3n) is 3.28. The molecule has 1 aromatic heterocycles. The van der Waals surface area contributed by atoms with Crippen LogP contribution in [0.2, 0.25) is 0 Å². The smallest absolute Gasteiger partial charge is 0.214 e. The molecule has 1 N–H and O–H groups in total. The van der Waals surface area contributed by atoms with Gasteiger partial charge in [-0.25, -0.2) is 4.98 Å². The lowest BCUT2D eigenvalue weighted by atomic mass is 9.99. The summed E-state index contributed by atoms with van der Waals surface area (Å²) in [6.07, 6.45) is 2.16.